The van der Waals surface area contributed by atoms with E-state index in [9.17, 15) is 21.6 Å². The van der Waals surface area contributed by atoms with Crippen molar-refractivity contribution in [2.75, 3.05) is 18.5 Å². The second kappa shape index (κ2) is 7.13. The number of anilines is 1. The van der Waals surface area contributed by atoms with Gasteiger partial charge in [0.05, 0.1) is 4.90 Å². The van der Waals surface area contributed by atoms with Crippen LogP contribution >= 0.6 is 0 Å². The van der Waals surface area contributed by atoms with E-state index in [4.69, 9.17) is 5.11 Å². The molecule has 0 spiro atoms. The minimum absolute atomic E-state index is 0.0724. The van der Waals surface area contributed by atoms with Crippen LogP contribution in [-0.4, -0.2) is 32.2 Å². The average molecular weight is 325 g/mol. The first-order chi connectivity index (χ1) is 9.72. The zero-order valence-corrected chi connectivity index (χ0v) is 12.3. The molecule has 1 rings (SSSR count). The highest BCUT2D eigenvalue weighted by Gasteiger charge is 2.46. The topological polar surface area (TPSA) is 66.4 Å². The zero-order chi connectivity index (χ0) is 16.1. The fourth-order valence-corrected chi connectivity index (χ4v) is 2.54. The van der Waals surface area contributed by atoms with Crippen molar-refractivity contribution in [2.24, 2.45) is 5.92 Å². The van der Waals surface area contributed by atoms with Crippen molar-refractivity contribution in [1.29, 1.82) is 0 Å². The van der Waals surface area contributed by atoms with E-state index in [1.54, 1.807) is 0 Å². The van der Waals surface area contributed by atoms with E-state index in [1.807, 2.05) is 6.92 Å². The molecule has 2 N–H and O–H groups in total. The van der Waals surface area contributed by atoms with Crippen LogP contribution in [0.5, 0.6) is 0 Å². The summed E-state index contributed by atoms with van der Waals surface area (Å²) in [6, 6.07) is 4.45. The monoisotopic (exact) mass is 325 g/mol. The van der Waals surface area contributed by atoms with Crippen LogP contribution in [0.1, 0.15) is 19.8 Å². The minimum Gasteiger partial charge on any atom is -0.396 e. The first-order valence-electron chi connectivity index (χ1n) is 6.48. The standard InChI is InChI=1S/C13H18F3NO3S/c1-2-10(7-8-18)9-17-11-3-5-12(6-4-11)21(19,20)13(14,15)16/h3-6,10,17-18H,2,7-9H2,1H3. The van der Waals surface area contributed by atoms with Crippen molar-refractivity contribution in [3.8, 4) is 0 Å². The number of aliphatic hydroxyl groups excluding tert-OH is 1. The molecule has 0 aliphatic rings. The lowest BCUT2D eigenvalue weighted by atomic mass is 10.0. The summed E-state index contributed by atoms with van der Waals surface area (Å²) in [4.78, 5) is -0.775. The maximum Gasteiger partial charge on any atom is 0.501 e. The van der Waals surface area contributed by atoms with Gasteiger partial charge in [-0.05, 0) is 36.6 Å². The Morgan fingerprint density at radius 1 is 1.24 bits per heavy atom. The molecule has 1 aromatic carbocycles. The first-order valence-corrected chi connectivity index (χ1v) is 7.96. The molecule has 0 saturated carbocycles. The molecular formula is C13H18F3NO3S. The summed E-state index contributed by atoms with van der Waals surface area (Å²) in [5.74, 6) is 0.244. The lowest BCUT2D eigenvalue weighted by Crippen LogP contribution is -2.23. The van der Waals surface area contributed by atoms with Crippen LogP contribution in [0.4, 0.5) is 18.9 Å². The van der Waals surface area contributed by atoms with Crippen molar-refractivity contribution in [3.05, 3.63) is 24.3 Å². The molecule has 0 aromatic heterocycles. The van der Waals surface area contributed by atoms with Gasteiger partial charge in [-0.3, -0.25) is 0 Å². The number of halogens is 3. The van der Waals surface area contributed by atoms with E-state index in [2.05, 4.69) is 5.32 Å². The van der Waals surface area contributed by atoms with Gasteiger partial charge >= 0.3 is 5.51 Å². The predicted molar refractivity (Wildman–Crippen MR) is 73.7 cm³/mol. The highest BCUT2D eigenvalue weighted by Crippen LogP contribution is 2.30. The fraction of sp³-hybridized carbons (Fsp3) is 0.538. The summed E-state index contributed by atoms with van der Waals surface area (Å²) in [5, 5.41) is 11.9. The van der Waals surface area contributed by atoms with Crippen LogP contribution in [0, 0.1) is 5.92 Å². The van der Waals surface area contributed by atoms with Crippen molar-refractivity contribution < 1.29 is 26.7 Å². The van der Waals surface area contributed by atoms with Gasteiger partial charge in [0.15, 0.2) is 0 Å². The molecule has 0 radical (unpaired) electrons. The van der Waals surface area contributed by atoms with E-state index in [1.165, 1.54) is 12.1 Å². The molecule has 8 heteroatoms. The van der Waals surface area contributed by atoms with Gasteiger partial charge in [0.2, 0.25) is 0 Å². The third-order valence-corrected chi connectivity index (χ3v) is 4.68. The number of benzene rings is 1. The molecular weight excluding hydrogens is 307 g/mol. The summed E-state index contributed by atoms with van der Waals surface area (Å²) in [6.07, 6.45) is 1.48. The van der Waals surface area contributed by atoms with E-state index >= 15 is 0 Å². The molecule has 0 amide bonds. The fourth-order valence-electron chi connectivity index (χ4n) is 1.78. The van der Waals surface area contributed by atoms with Crippen LogP contribution in [0.3, 0.4) is 0 Å². The maximum absolute atomic E-state index is 12.4. The summed E-state index contributed by atoms with van der Waals surface area (Å²) < 4.78 is 59.5. The van der Waals surface area contributed by atoms with Crippen LogP contribution in [0.2, 0.25) is 0 Å². The lowest BCUT2D eigenvalue weighted by molar-refractivity contribution is -0.0436. The van der Waals surface area contributed by atoms with E-state index < -0.39 is 20.2 Å². The Balaban J connectivity index is 2.75. The smallest absolute Gasteiger partial charge is 0.396 e. The van der Waals surface area contributed by atoms with Gasteiger partial charge in [-0.15, -0.1) is 0 Å². The van der Waals surface area contributed by atoms with E-state index in [0.29, 0.717) is 18.7 Å². The number of alkyl halides is 3. The third-order valence-electron chi connectivity index (χ3n) is 3.18. The molecule has 1 atom stereocenters. The van der Waals surface area contributed by atoms with Crippen LogP contribution in [0.25, 0.3) is 0 Å². The molecule has 0 bridgehead atoms. The van der Waals surface area contributed by atoms with Gasteiger partial charge in [-0.1, -0.05) is 13.3 Å². The first kappa shape index (κ1) is 17.8. The largest absolute Gasteiger partial charge is 0.501 e. The predicted octanol–water partition coefficient (Wildman–Crippen LogP) is 2.80. The Labute approximate surface area is 121 Å². The average Bonchev–Trinajstić information content (AvgIpc) is 2.42. The summed E-state index contributed by atoms with van der Waals surface area (Å²) in [5.41, 5.74) is -4.76. The van der Waals surface area contributed by atoms with Gasteiger partial charge in [0.25, 0.3) is 9.84 Å². The van der Waals surface area contributed by atoms with Crippen LogP contribution in [-0.2, 0) is 9.84 Å². The number of aliphatic hydroxyl groups is 1. The van der Waals surface area contributed by atoms with Crippen molar-refractivity contribution in [3.63, 3.8) is 0 Å². The number of rotatable bonds is 7. The Morgan fingerprint density at radius 2 is 1.81 bits per heavy atom. The molecule has 0 saturated heterocycles. The van der Waals surface area contributed by atoms with Gasteiger partial charge in [0.1, 0.15) is 0 Å². The van der Waals surface area contributed by atoms with Crippen molar-refractivity contribution in [2.45, 2.75) is 30.2 Å². The summed E-state index contributed by atoms with van der Waals surface area (Å²) >= 11 is 0. The van der Waals surface area contributed by atoms with E-state index in [-0.39, 0.29) is 12.5 Å². The Bertz CT molecular complexity index is 541. The molecule has 0 aliphatic carbocycles. The van der Waals surface area contributed by atoms with Gasteiger partial charge < -0.3 is 10.4 Å². The Morgan fingerprint density at radius 3 is 2.24 bits per heavy atom. The Kier molecular flexibility index (Phi) is 6.03. The van der Waals surface area contributed by atoms with Crippen molar-refractivity contribution in [1.82, 2.24) is 0 Å². The second-order valence-corrected chi connectivity index (χ2v) is 6.58. The number of hydrogen-bond acceptors (Lipinski definition) is 4. The molecule has 0 fully saturated rings. The molecule has 21 heavy (non-hydrogen) atoms. The molecule has 1 aromatic rings. The number of hydrogen-bond donors (Lipinski definition) is 2. The lowest BCUT2D eigenvalue weighted by Gasteiger charge is -2.15. The van der Waals surface area contributed by atoms with E-state index in [0.717, 1.165) is 18.6 Å². The summed E-state index contributed by atoms with van der Waals surface area (Å²) in [7, 11) is -5.30. The van der Waals surface area contributed by atoms with Gasteiger partial charge in [0, 0.05) is 18.8 Å². The van der Waals surface area contributed by atoms with Gasteiger partial charge in [-0.25, -0.2) is 8.42 Å². The highest BCUT2D eigenvalue weighted by molar-refractivity contribution is 7.92. The summed E-state index contributed by atoms with van der Waals surface area (Å²) in [6.45, 7) is 2.60. The minimum atomic E-state index is -5.30. The van der Waals surface area contributed by atoms with Crippen LogP contribution in [0.15, 0.2) is 29.2 Å². The second-order valence-electron chi connectivity index (χ2n) is 4.64. The number of nitrogens with one attached hydrogen (secondary N) is 1. The number of sulfone groups is 1. The quantitative estimate of drug-likeness (QED) is 0.809. The highest BCUT2D eigenvalue weighted by atomic mass is 32.2. The SMILES string of the molecule is CCC(CCO)CNc1ccc(S(=O)(=O)C(F)(F)F)cc1. The zero-order valence-electron chi connectivity index (χ0n) is 11.5. The molecule has 0 heterocycles. The normalized spacial score (nSPS) is 14.0. The van der Waals surface area contributed by atoms with Crippen molar-refractivity contribution >= 4 is 15.5 Å². The molecule has 4 nitrogen and oxygen atoms in total. The maximum atomic E-state index is 12.4. The Hall–Kier alpha value is -1.28. The van der Waals surface area contributed by atoms with Gasteiger partial charge in [-0.2, -0.15) is 13.2 Å². The molecule has 0 aliphatic heterocycles. The molecule has 120 valence electrons. The van der Waals surface area contributed by atoms with Crippen LogP contribution < -0.4 is 5.32 Å². The molecule has 1 unspecified atom stereocenters. The third kappa shape index (κ3) is 4.60.